The van der Waals surface area contributed by atoms with Crippen molar-refractivity contribution < 1.29 is 24.9 Å². The van der Waals surface area contributed by atoms with Crippen LogP contribution in [-0.4, -0.2) is 58.9 Å². The molecule has 0 aliphatic carbocycles. The van der Waals surface area contributed by atoms with Crippen LogP contribution in [0.4, 0.5) is 0 Å². The van der Waals surface area contributed by atoms with Gasteiger partial charge in [-0.05, 0) is 7.05 Å². The SMILES string of the molecule is CNC(O)(CC(=O)O)C(=O)O.[LiH]. The van der Waals surface area contributed by atoms with E-state index in [1.807, 2.05) is 5.32 Å². The van der Waals surface area contributed by atoms with Crippen molar-refractivity contribution in [3.63, 3.8) is 0 Å². The molecule has 0 bridgehead atoms. The number of carboxylic acids is 2. The Morgan fingerprint density at radius 1 is 1.42 bits per heavy atom. The molecule has 1 atom stereocenters. The van der Waals surface area contributed by atoms with Crippen LogP contribution in [0.5, 0.6) is 0 Å². The Labute approximate surface area is 80.8 Å². The summed E-state index contributed by atoms with van der Waals surface area (Å²) in [5.74, 6) is -2.99. The van der Waals surface area contributed by atoms with Gasteiger partial charge in [-0.1, -0.05) is 0 Å². The molecule has 0 amide bonds. The van der Waals surface area contributed by atoms with Gasteiger partial charge >= 0.3 is 30.8 Å². The summed E-state index contributed by atoms with van der Waals surface area (Å²) >= 11 is 0. The first-order valence-corrected chi connectivity index (χ1v) is 2.79. The normalized spacial score (nSPS) is 14.2. The fourth-order valence-electron chi connectivity index (χ4n) is 0.490. The van der Waals surface area contributed by atoms with Gasteiger partial charge in [0, 0.05) is 0 Å². The monoisotopic (exact) mass is 171 g/mol. The number of carbonyl (C=O) groups is 2. The fraction of sp³-hybridized carbons (Fsp3) is 0.600. The molecule has 0 saturated heterocycles. The first-order valence-electron chi connectivity index (χ1n) is 2.79. The summed E-state index contributed by atoms with van der Waals surface area (Å²) in [6, 6.07) is 0. The van der Waals surface area contributed by atoms with Gasteiger partial charge in [-0.2, -0.15) is 0 Å². The third-order valence-corrected chi connectivity index (χ3v) is 1.17. The molecule has 0 heterocycles. The number of rotatable bonds is 4. The predicted molar refractivity (Wildman–Crippen MR) is 41.0 cm³/mol. The quantitative estimate of drug-likeness (QED) is 0.282. The van der Waals surface area contributed by atoms with E-state index in [2.05, 4.69) is 0 Å². The molecule has 0 rings (SSSR count). The molecule has 0 fully saturated rings. The van der Waals surface area contributed by atoms with E-state index in [1.165, 1.54) is 0 Å². The maximum atomic E-state index is 10.2. The van der Waals surface area contributed by atoms with E-state index in [4.69, 9.17) is 15.3 Å². The molecular formula is C5H10LiNO5. The average molecular weight is 171 g/mol. The van der Waals surface area contributed by atoms with Crippen molar-refractivity contribution in [2.24, 2.45) is 0 Å². The van der Waals surface area contributed by atoms with Crippen molar-refractivity contribution in [2.75, 3.05) is 7.05 Å². The number of carboxylic acid groups (broad SMARTS) is 2. The molecule has 1 unspecified atom stereocenters. The van der Waals surface area contributed by atoms with Crippen LogP contribution < -0.4 is 5.32 Å². The van der Waals surface area contributed by atoms with Gasteiger partial charge in [-0.25, -0.2) is 4.79 Å². The van der Waals surface area contributed by atoms with Crippen LogP contribution >= 0.6 is 0 Å². The second kappa shape index (κ2) is 5.16. The molecule has 0 aromatic rings. The molecule has 0 saturated carbocycles. The second-order valence-corrected chi connectivity index (χ2v) is 1.99. The van der Waals surface area contributed by atoms with E-state index >= 15 is 0 Å². The standard InChI is InChI=1S/C5H9NO5.Li.H/c1-6-5(11,4(9)10)2-3(7)8;;/h6,11H,2H2,1H3,(H,7,8)(H,9,10);;. The van der Waals surface area contributed by atoms with E-state index in [1.54, 1.807) is 0 Å². The van der Waals surface area contributed by atoms with Gasteiger partial charge in [-0.3, -0.25) is 10.1 Å². The van der Waals surface area contributed by atoms with Crippen LogP contribution in [-0.2, 0) is 9.59 Å². The van der Waals surface area contributed by atoms with E-state index in [9.17, 15) is 9.59 Å². The molecule has 0 aliphatic rings. The molecule has 0 radical (unpaired) electrons. The van der Waals surface area contributed by atoms with Gasteiger partial charge in [0.25, 0.3) is 0 Å². The maximum absolute atomic E-state index is 10.2. The number of aliphatic carboxylic acids is 2. The van der Waals surface area contributed by atoms with E-state index in [0.717, 1.165) is 7.05 Å². The molecule has 7 heteroatoms. The molecule has 6 nitrogen and oxygen atoms in total. The van der Waals surface area contributed by atoms with Gasteiger partial charge in [0.05, 0.1) is 6.42 Å². The summed E-state index contributed by atoms with van der Waals surface area (Å²) in [5, 5.41) is 27.4. The zero-order valence-electron chi connectivity index (χ0n) is 5.87. The van der Waals surface area contributed by atoms with Crippen LogP contribution in [0.2, 0.25) is 0 Å². The molecule has 0 spiro atoms. The van der Waals surface area contributed by atoms with Crippen LogP contribution in [0.1, 0.15) is 6.42 Å². The zero-order chi connectivity index (χ0) is 9.07. The Balaban J connectivity index is 0. The van der Waals surface area contributed by atoms with Crippen molar-refractivity contribution in [3.05, 3.63) is 0 Å². The van der Waals surface area contributed by atoms with Crippen molar-refractivity contribution in [1.29, 1.82) is 0 Å². The Kier molecular flexibility index (Phi) is 6.03. The summed E-state index contributed by atoms with van der Waals surface area (Å²) in [7, 11) is 1.16. The number of hydrogen-bond acceptors (Lipinski definition) is 4. The summed E-state index contributed by atoms with van der Waals surface area (Å²) < 4.78 is 0. The van der Waals surface area contributed by atoms with Gasteiger partial charge in [0.1, 0.15) is 0 Å². The first-order chi connectivity index (χ1) is 4.92. The van der Waals surface area contributed by atoms with Crippen LogP contribution in [0.15, 0.2) is 0 Å². The Bertz CT molecular complexity index is 185. The Morgan fingerprint density at radius 2 is 1.83 bits per heavy atom. The predicted octanol–water partition coefficient (Wildman–Crippen LogP) is -2.19. The van der Waals surface area contributed by atoms with Crippen molar-refractivity contribution in [2.45, 2.75) is 12.1 Å². The van der Waals surface area contributed by atoms with Crippen LogP contribution in [0.3, 0.4) is 0 Å². The zero-order valence-corrected chi connectivity index (χ0v) is 5.87. The molecular weight excluding hydrogens is 161 g/mol. The molecule has 0 aromatic heterocycles. The van der Waals surface area contributed by atoms with Gasteiger partial charge in [0.15, 0.2) is 0 Å². The van der Waals surface area contributed by atoms with E-state index in [0.29, 0.717) is 0 Å². The topological polar surface area (TPSA) is 107 Å². The second-order valence-electron chi connectivity index (χ2n) is 1.99. The van der Waals surface area contributed by atoms with Crippen molar-refractivity contribution in [3.8, 4) is 0 Å². The molecule has 0 aliphatic heterocycles. The number of likely N-dealkylation sites (N-methyl/N-ethyl adjacent to an activating group) is 1. The van der Waals surface area contributed by atoms with Crippen molar-refractivity contribution >= 4 is 30.8 Å². The summed E-state index contributed by atoms with van der Waals surface area (Å²) in [5.41, 5.74) is -2.37. The van der Waals surface area contributed by atoms with Crippen LogP contribution in [0, 0.1) is 0 Å². The first kappa shape index (κ1) is 14.0. The molecule has 0 aromatic carbocycles. The molecule has 4 N–H and O–H groups in total. The Morgan fingerprint density at radius 3 is 1.92 bits per heavy atom. The minimum absolute atomic E-state index is 0. The summed E-state index contributed by atoms with van der Waals surface area (Å²) in [6.45, 7) is 0. The summed E-state index contributed by atoms with van der Waals surface area (Å²) in [6.07, 6.45) is -0.876. The number of hydrogen-bond donors (Lipinski definition) is 4. The molecule has 66 valence electrons. The number of nitrogens with one attached hydrogen (secondary N) is 1. The average Bonchev–Trinajstić information content (AvgIpc) is 1.86. The molecule has 12 heavy (non-hydrogen) atoms. The van der Waals surface area contributed by atoms with E-state index in [-0.39, 0.29) is 18.9 Å². The number of aliphatic hydroxyl groups is 1. The fourth-order valence-corrected chi connectivity index (χ4v) is 0.490. The third-order valence-electron chi connectivity index (χ3n) is 1.17. The van der Waals surface area contributed by atoms with Gasteiger partial charge in [0.2, 0.25) is 5.72 Å². The third kappa shape index (κ3) is 3.74. The Hall–Kier alpha value is -0.543. The van der Waals surface area contributed by atoms with Gasteiger partial charge in [-0.15, -0.1) is 0 Å². The minimum atomic E-state index is -2.37. The summed E-state index contributed by atoms with van der Waals surface area (Å²) in [4.78, 5) is 20.2. The van der Waals surface area contributed by atoms with Crippen LogP contribution in [0.25, 0.3) is 0 Å². The van der Waals surface area contributed by atoms with Gasteiger partial charge < -0.3 is 15.3 Å². The van der Waals surface area contributed by atoms with Crippen molar-refractivity contribution in [1.82, 2.24) is 5.32 Å². The van der Waals surface area contributed by atoms with E-state index < -0.39 is 24.1 Å².